The molecular formula is C23H25N5O3S. The molecule has 0 bridgehead atoms. The summed E-state index contributed by atoms with van der Waals surface area (Å²) in [5.74, 6) is 3.47. The fourth-order valence-electron chi connectivity index (χ4n) is 3.28. The standard InChI is InChI=1S/C23H25N5O3S/c1-5-8-20-24-22(31-27-20)15(2)32-23-26-25-21(18-9-6-7-10-19(18)30-4)28(23)16-11-13-17(29-3)14-12-16/h6-7,9-15H,5,8H2,1-4H3/t15-/m1/s1. The minimum Gasteiger partial charge on any atom is -0.497 e. The largest absolute Gasteiger partial charge is 0.497 e. The van der Waals surface area contributed by atoms with E-state index in [1.165, 1.54) is 11.8 Å². The summed E-state index contributed by atoms with van der Waals surface area (Å²) in [5, 5.41) is 13.7. The van der Waals surface area contributed by atoms with Crippen molar-refractivity contribution in [2.45, 2.75) is 37.1 Å². The first-order valence-electron chi connectivity index (χ1n) is 10.4. The quantitative estimate of drug-likeness (QED) is 0.323. The van der Waals surface area contributed by atoms with E-state index in [0.29, 0.717) is 16.9 Å². The Morgan fingerprint density at radius 1 is 1.03 bits per heavy atom. The maximum absolute atomic E-state index is 5.57. The molecule has 8 nitrogen and oxygen atoms in total. The molecule has 0 aliphatic heterocycles. The van der Waals surface area contributed by atoms with Crippen molar-refractivity contribution < 1.29 is 14.0 Å². The molecule has 2 heterocycles. The molecule has 1 atom stereocenters. The molecule has 166 valence electrons. The highest BCUT2D eigenvalue weighted by Crippen LogP contribution is 2.38. The summed E-state index contributed by atoms with van der Waals surface area (Å²) < 4.78 is 18.4. The highest BCUT2D eigenvalue weighted by molar-refractivity contribution is 7.99. The second-order valence-electron chi connectivity index (χ2n) is 7.10. The van der Waals surface area contributed by atoms with Crippen LogP contribution in [0.1, 0.15) is 37.2 Å². The molecular weight excluding hydrogens is 426 g/mol. The number of aryl methyl sites for hydroxylation is 1. The third kappa shape index (κ3) is 4.47. The van der Waals surface area contributed by atoms with Crippen LogP contribution in [0.4, 0.5) is 0 Å². The lowest BCUT2D eigenvalue weighted by Crippen LogP contribution is -2.02. The van der Waals surface area contributed by atoms with Crippen LogP contribution in [-0.2, 0) is 6.42 Å². The van der Waals surface area contributed by atoms with Gasteiger partial charge in [-0.3, -0.25) is 4.57 Å². The second-order valence-corrected chi connectivity index (χ2v) is 8.41. The van der Waals surface area contributed by atoms with E-state index < -0.39 is 0 Å². The monoisotopic (exact) mass is 451 g/mol. The SMILES string of the molecule is CCCc1noc([C@@H](C)Sc2nnc(-c3ccccc3OC)n2-c2ccc(OC)cc2)n1. The summed E-state index contributed by atoms with van der Waals surface area (Å²) in [6, 6.07) is 15.5. The average molecular weight is 452 g/mol. The summed E-state index contributed by atoms with van der Waals surface area (Å²) >= 11 is 1.51. The number of rotatable bonds is 9. The average Bonchev–Trinajstić information content (AvgIpc) is 3.47. The Morgan fingerprint density at radius 2 is 1.81 bits per heavy atom. The number of benzene rings is 2. The maximum atomic E-state index is 5.57. The third-order valence-electron chi connectivity index (χ3n) is 4.90. The molecule has 4 aromatic rings. The summed E-state index contributed by atoms with van der Waals surface area (Å²) in [4.78, 5) is 4.52. The van der Waals surface area contributed by atoms with E-state index in [0.717, 1.165) is 41.4 Å². The topological polar surface area (TPSA) is 88.1 Å². The molecule has 0 saturated carbocycles. The van der Waals surface area contributed by atoms with Crippen molar-refractivity contribution in [1.82, 2.24) is 24.9 Å². The maximum Gasteiger partial charge on any atom is 0.239 e. The Labute approximate surface area is 191 Å². The number of ether oxygens (including phenoxy) is 2. The van der Waals surface area contributed by atoms with Crippen LogP contribution in [0.2, 0.25) is 0 Å². The van der Waals surface area contributed by atoms with E-state index in [1.54, 1.807) is 14.2 Å². The predicted molar refractivity (Wildman–Crippen MR) is 122 cm³/mol. The Bertz CT molecular complexity index is 1170. The lowest BCUT2D eigenvalue weighted by Gasteiger charge is -2.14. The summed E-state index contributed by atoms with van der Waals surface area (Å²) in [6.07, 6.45) is 1.76. The normalized spacial score (nSPS) is 12.0. The number of hydrogen-bond acceptors (Lipinski definition) is 8. The molecule has 0 radical (unpaired) electrons. The molecule has 0 amide bonds. The zero-order chi connectivity index (χ0) is 22.5. The first-order chi connectivity index (χ1) is 15.6. The fraction of sp³-hybridized carbons (Fsp3) is 0.304. The number of para-hydroxylation sites is 1. The van der Waals surface area contributed by atoms with Gasteiger partial charge in [0.25, 0.3) is 0 Å². The van der Waals surface area contributed by atoms with Gasteiger partial charge in [-0.2, -0.15) is 4.98 Å². The van der Waals surface area contributed by atoms with Crippen LogP contribution < -0.4 is 9.47 Å². The summed E-state index contributed by atoms with van der Waals surface area (Å²) in [7, 11) is 3.29. The van der Waals surface area contributed by atoms with Gasteiger partial charge in [-0.25, -0.2) is 0 Å². The lowest BCUT2D eigenvalue weighted by atomic mass is 10.2. The molecule has 32 heavy (non-hydrogen) atoms. The Morgan fingerprint density at radius 3 is 2.53 bits per heavy atom. The van der Waals surface area contributed by atoms with Crippen molar-refractivity contribution in [1.29, 1.82) is 0 Å². The molecule has 2 aromatic heterocycles. The minimum atomic E-state index is -0.0974. The van der Waals surface area contributed by atoms with Crippen LogP contribution in [0.3, 0.4) is 0 Å². The van der Waals surface area contributed by atoms with Crippen molar-refractivity contribution in [2.75, 3.05) is 14.2 Å². The zero-order valence-electron chi connectivity index (χ0n) is 18.5. The van der Waals surface area contributed by atoms with E-state index in [9.17, 15) is 0 Å². The van der Waals surface area contributed by atoms with Crippen molar-refractivity contribution in [3.8, 4) is 28.6 Å². The number of methoxy groups -OCH3 is 2. The highest BCUT2D eigenvalue weighted by atomic mass is 32.2. The van der Waals surface area contributed by atoms with Gasteiger partial charge < -0.3 is 14.0 Å². The Hall–Kier alpha value is -3.33. The summed E-state index contributed by atoms with van der Waals surface area (Å²) in [6.45, 7) is 4.11. The van der Waals surface area contributed by atoms with Gasteiger partial charge in [0, 0.05) is 6.42 Å². The van der Waals surface area contributed by atoms with Crippen molar-refractivity contribution in [3.63, 3.8) is 0 Å². The van der Waals surface area contributed by atoms with Gasteiger partial charge in [0.15, 0.2) is 16.8 Å². The fourth-order valence-corrected chi connectivity index (χ4v) is 4.18. The molecule has 0 saturated heterocycles. The first kappa shape index (κ1) is 21.9. The number of nitrogens with zero attached hydrogens (tertiary/aromatic N) is 5. The number of aromatic nitrogens is 5. The van der Waals surface area contributed by atoms with E-state index in [1.807, 2.05) is 60.0 Å². The Kier molecular flexibility index (Phi) is 6.75. The predicted octanol–water partition coefficient (Wildman–Crippen LogP) is 5.14. The molecule has 2 aromatic carbocycles. The van der Waals surface area contributed by atoms with Gasteiger partial charge in [0.05, 0.1) is 30.7 Å². The van der Waals surface area contributed by atoms with Gasteiger partial charge in [0.1, 0.15) is 11.5 Å². The molecule has 0 N–H and O–H groups in total. The smallest absolute Gasteiger partial charge is 0.239 e. The van der Waals surface area contributed by atoms with Crippen molar-refractivity contribution >= 4 is 11.8 Å². The van der Waals surface area contributed by atoms with Crippen LogP contribution in [0.15, 0.2) is 58.2 Å². The molecule has 4 rings (SSSR count). The molecule has 0 fully saturated rings. The van der Waals surface area contributed by atoms with E-state index in [4.69, 9.17) is 14.0 Å². The molecule has 0 aliphatic carbocycles. The van der Waals surface area contributed by atoms with Gasteiger partial charge in [0.2, 0.25) is 5.89 Å². The van der Waals surface area contributed by atoms with Crippen LogP contribution >= 0.6 is 11.8 Å². The first-order valence-corrected chi connectivity index (χ1v) is 11.2. The van der Waals surface area contributed by atoms with Crippen LogP contribution in [0.5, 0.6) is 11.5 Å². The van der Waals surface area contributed by atoms with Gasteiger partial charge >= 0.3 is 0 Å². The van der Waals surface area contributed by atoms with Gasteiger partial charge in [-0.15, -0.1) is 10.2 Å². The Balaban J connectivity index is 1.75. The van der Waals surface area contributed by atoms with E-state index >= 15 is 0 Å². The lowest BCUT2D eigenvalue weighted by molar-refractivity contribution is 0.374. The second kappa shape index (κ2) is 9.86. The molecule has 0 aliphatic rings. The van der Waals surface area contributed by atoms with Gasteiger partial charge in [-0.1, -0.05) is 36.0 Å². The van der Waals surface area contributed by atoms with Crippen molar-refractivity contribution in [3.05, 3.63) is 60.2 Å². The van der Waals surface area contributed by atoms with Crippen LogP contribution in [0.25, 0.3) is 17.1 Å². The van der Waals surface area contributed by atoms with Crippen molar-refractivity contribution in [2.24, 2.45) is 0 Å². The number of thioether (sulfide) groups is 1. The molecule has 0 unspecified atom stereocenters. The number of hydrogen-bond donors (Lipinski definition) is 0. The molecule has 0 spiro atoms. The molecule has 9 heteroatoms. The third-order valence-corrected chi connectivity index (χ3v) is 5.93. The highest BCUT2D eigenvalue weighted by Gasteiger charge is 2.23. The summed E-state index contributed by atoms with van der Waals surface area (Å²) in [5.41, 5.74) is 1.75. The zero-order valence-corrected chi connectivity index (χ0v) is 19.3. The van der Waals surface area contributed by atoms with E-state index in [2.05, 4.69) is 27.3 Å². The van der Waals surface area contributed by atoms with Crippen LogP contribution in [-0.4, -0.2) is 39.1 Å². The van der Waals surface area contributed by atoms with E-state index in [-0.39, 0.29) is 5.25 Å². The minimum absolute atomic E-state index is 0.0974. The van der Waals surface area contributed by atoms with Crippen LogP contribution in [0, 0.1) is 0 Å². The van der Waals surface area contributed by atoms with Gasteiger partial charge in [-0.05, 0) is 49.7 Å².